The molecule has 0 spiro atoms. The van der Waals surface area contributed by atoms with Crippen LogP contribution in [0.5, 0.6) is 11.6 Å². The highest BCUT2D eigenvalue weighted by Gasteiger charge is 2.29. The van der Waals surface area contributed by atoms with Crippen LogP contribution < -0.4 is 25.5 Å². The van der Waals surface area contributed by atoms with Gasteiger partial charge in [0.2, 0.25) is 0 Å². The van der Waals surface area contributed by atoms with Crippen molar-refractivity contribution in [2.45, 2.75) is 26.7 Å². The van der Waals surface area contributed by atoms with Gasteiger partial charge in [-0.05, 0) is 23.6 Å². The number of nitrogens with zero attached hydrogens (tertiary/aromatic N) is 2. The Morgan fingerprint density at radius 3 is 2.54 bits per heavy atom. The first-order chi connectivity index (χ1) is 12.3. The van der Waals surface area contributed by atoms with E-state index >= 15 is 0 Å². The third kappa shape index (κ3) is 3.79. The van der Waals surface area contributed by atoms with Crippen molar-refractivity contribution in [2.75, 3.05) is 14.2 Å². The standard InChI is InChI=1S/C18H23N3O5/c1-11(2)8-14-16(22)20(18(19)23)15(17(26-4)21(14)24)10-12-6-5-7-13(9-12)25-3/h5-7,9,11H,8,10H2,1-4H3,(H2,19,23). The Morgan fingerprint density at radius 2 is 2.00 bits per heavy atom. The smallest absolute Gasteiger partial charge is 0.400 e. The van der Waals surface area contributed by atoms with Crippen molar-refractivity contribution in [3.8, 4) is 11.6 Å². The molecule has 0 radical (unpaired) electrons. The van der Waals surface area contributed by atoms with Gasteiger partial charge < -0.3 is 20.4 Å². The highest BCUT2D eigenvalue weighted by atomic mass is 16.5. The van der Waals surface area contributed by atoms with Crippen molar-refractivity contribution in [3.63, 3.8) is 0 Å². The fourth-order valence-electron chi connectivity index (χ4n) is 2.80. The Morgan fingerprint density at radius 1 is 1.31 bits per heavy atom. The van der Waals surface area contributed by atoms with E-state index in [9.17, 15) is 14.8 Å². The van der Waals surface area contributed by atoms with Gasteiger partial charge in [0.25, 0.3) is 5.69 Å². The van der Waals surface area contributed by atoms with Gasteiger partial charge in [0.1, 0.15) is 11.4 Å². The second-order valence-electron chi connectivity index (χ2n) is 6.30. The molecule has 140 valence electrons. The molecule has 8 nitrogen and oxygen atoms in total. The minimum atomic E-state index is -0.961. The SMILES string of the molecule is COc1cccc(Cc2c(OC)[n+]([O-])c(CC(C)C)c(=O)n2C(N)=O)c1. The summed E-state index contributed by atoms with van der Waals surface area (Å²) in [7, 11) is 2.85. The summed E-state index contributed by atoms with van der Waals surface area (Å²) in [4.78, 5) is 24.7. The van der Waals surface area contributed by atoms with Gasteiger partial charge in [-0.2, -0.15) is 0 Å². The van der Waals surface area contributed by atoms with Crippen molar-refractivity contribution in [3.05, 3.63) is 56.8 Å². The first-order valence-corrected chi connectivity index (χ1v) is 8.17. The number of ether oxygens (including phenoxy) is 2. The van der Waals surface area contributed by atoms with Crippen LogP contribution in [0.2, 0.25) is 0 Å². The fourth-order valence-corrected chi connectivity index (χ4v) is 2.80. The molecule has 1 amide bonds. The second-order valence-corrected chi connectivity index (χ2v) is 6.30. The number of benzene rings is 1. The summed E-state index contributed by atoms with van der Waals surface area (Å²) in [5.41, 5.74) is 5.46. The number of primary amides is 1. The van der Waals surface area contributed by atoms with E-state index in [0.29, 0.717) is 10.5 Å². The molecule has 0 atom stereocenters. The zero-order valence-corrected chi connectivity index (χ0v) is 15.3. The lowest BCUT2D eigenvalue weighted by Gasteiger charge is -2.16. The van der Waals surface area contributed by atoms with Crippen LogP contribution >= 0.6 is 0 Å². The summed E-state index contributed by atoms with van der Waals surface area (Å²) in [6, 6.07) is 6.10. The minimum absolute atomic E-state index is 0.0400. The summed E-state index contributed by atoms with van der Waals surface area (Å²) in [5, 5.41) is 12.7. The minimum Gasteiger partial charge on any atom is -0.616 e. The van der Waals surface area contributed by atoms with Gasteiger partial charge in [-0.15, -0.1) is 4.73 Å². The predicted molar refractivity (Wildman–Crippen MR) is 95.5 cm³/mol. The molecule has 0 saturated heterocycles. The average Bonchev–Trinajstić information content (AvgIpc) is 2.58. The number of rotatable bonds is 6. The number of hydrogen-bond donors (Lipinski definition) is 1. The first kappa shape index (κ1) is 19.3. The van der Waals surface area contributed by atoms with Gasteiger partial charge in [0, 0.05) is 12.8 Å². The van der Waals surface area contributed by atoms with Crippen molar-refractivity contribution in [2.24, 2.45) is 11.7 Å². The highest BCUT2D eigenvalue weighted by Crippen LogP contribution is 2.20. The number of carbonyl (C=O) groups is 1. The topological polar surface area (TPSA) is 110 Å². The Hall–Kier alpha value is -3.03. The molecular formula is C18H23N3O5. The van der Waals surface area contributed by atoms with Gasteiger partial charge in [-0.1, -0.05) is 26.0 Å². The van der Waals surface area contributed by atoms with Crippen LogP contribution in [-0.2, 0) is 12.8 Å². The number of nitrogens with two attached hydrogens (primary N) is 1. The second kappa shape index (κ2) is 7.90. The fraction of sp³-hybridized carbons (Fsp3) is 0.389. The molecule has 1 heterocycles. The quantitative estimate of drug-likeness (QED) is 0.614. The lowest BCUT2D eigenvalue weighted by molar-refractivity contribution is -0.623. The van der Waals surface area contributed by atoms with Crippen LogP contribution in [0.3, 0.4) is 0 Å². The van der Waals surface area contributed by atoms with Crippen molar-refractivity contribution >= 4 is 6.03 Å². The summed E-state index contributed by atoms with van der Waals surface area (Å²) in [5.74, 6) is 0.529. The number of methoxy groups -OCH3 is 2. The normalized spacial score (nSPS) is 10.8. The predicted octanol–water partition coefficient (Wildman–Crippen LogP) is 1.21. The molecule has 1 aromatic heterocycles. The number of carbonyl (C=O) groups excluding carboxylic acids is 1. The number of hydrogen-bond acceptors (Lipinski definition) is 5. The van der Waals surface area contributed by atoms with E-state index in [1.807, 2.05) is 13.8 Å². The Kier molecular flexibility index (Phi) is 5.86. The monoisotopic (exact) mass is 361 g/mol. The van der Waals surface area contributed by atoms with Gasteiger partial charge in [-0.3, -0.25) is 4.79 Å². The van der Waals surface area contributed by atoms with E-state index in [2.05, 4.69) is 0 Å². The average molecular weight is 361 g/mol. The molecule has 26 heavy (non-hydrogen) atoms. The summed E-state index contributed by atoms with van der Waals surface area (Å²) in [6.45, 7) is 3.73. The van der Waals surface area contributed by atoms with Crippen LogP contribution in [0.4, 0.5) is 4.79 Å². The van der Waals surface area contributed by atoms with E-state index in [1.54, 1.807) is 24.3 Å². The van der Waals surface area contributed by atoms with Gasteiger partial charge >= 0.3 is 17.5 Å². The van der Waals surface area contributed by atoms with Crippen LogP contribution in [-0.4, -0.2) is 24.8 Å². The van der Waals surface area contributed by atoms with Gasteiger partial charge in [0.05, 0.1) is 14.2 Å². The maximum Gasteiger partial charge on any atom is 0.400 e. The third-order valence-corrected chi connectivity index (χ3v) is 3.92. The van der Waals surface area contributed by atoms with E-state index in [0.717, 1.165) is 10.1 Å². The molecular weight excluding hydrogens is 338 g/mol. The summed E-state index contributed by atoms with van der Waals surface area (Å²) in [6.07, 6.45) is 0.300. The van der Waals surface area contributed by atoms with E-state index in [4.69, 9.17) is 15.2 Å². The van der Waals surface area contributed by atoms with Crippen molar-refractivity contribution in [1.82, 2.24) is 4.57 Å². The number of amides is 1. The van der Waals surface area contributed by atoms with Crippen LogP contribution in [0.25, 0.3) is 0 Å². The molecule has 8 heteroatoms. The summed E-state index contributed by atoms with van der Waals surface area (Å²) >= 11 is 0. The van der Waals surface area contributed by atoms with Crippen LogP contribution in [0, 0.1) is 11.1 Å². The molecule has 0 bridgehead atoms. The van der Waals surface area contributed by atoms with E-state index in [1.165, 1.54) is 14.2 Å². The third-order valence-electron chi connectivity index (χ3n) is 3.92. The lowest BCUT2D eigenvalue weighted by atomic mass is 10.1. The Balaban J connectivity index is 2.70. The molecule has 2 rings (SSSR count). The van der Waals surface area contributed by atoms with Gasteiger partial charge in [0.15, 0.2) is 0 Å². The molecule has 0 aliphatic rings. The first-order valence-electron chi connectivity index (χ1n) is 8.17. The maximum absolute atomic E-state index is 12.7. The zero-order chi connectivity index (χ0) is 19.4. The molecule has 0 unspecified atom stereocenters. The van der Waals surface area contributed by atoms with E-state index in [-0.39, 0.29) is 36.0 Å². The molecule has 0 aliphatic carbocycles. The van der Waals surface area contributed by atoms with E-state index < -0.39 is 11.6 Å². The number of aromatic nitrogens is 2. The molecule has 0 aliphatic heterocycles. The van der Waals surface area contributed by atoms with Crippen molar-refractivity contribution < 1.29 is 19.0 Å². The molecule has 2 N–H and O–H groups in total. The maximum atomic E-state index is 12.7. The van der Waals surface area contributed by atoms with Gasteiger partial charge in [-0.25, -0.2) is 9.36 Å². The highest BCUT2D eigenvalue weighted by molar-refractivity contribution is 5.75. The molecule has 0 fully saturated rings. The summed E-state index contributed by atoms with van der Waals surface area (Å²) < 4.78 is 11.7. The van der Waals surface area contributed by atoms with Crippen molar-refractivity contribution in [1.29, 1.82) is 0 Å². The zero-order valence-electron chi connectivity index (χ0n) is 15.3. The Bertz CT molecular complexity index is 874. The largest absolute Gasteiger partial charge is 0.616 e. The van der Waals surface area contributed by atoms with Crippen LogP contribution in [0.1, 0.15) is 30.8 Å². The Labute approximate surface area is 151 Å². The molecule has 0 saturated carbocycles. The molecule has 2 aromatic rings. The lowest BCUT2D eigenvalue weighted by Crippen LogP contribution is -2.49. The van der Waals surface area contributed by atoms with Crippen LogP contribution in [0.15, 0.2) is 29.1 Å². The molecule has 1 aromatic carbocycles.